The highest BCUT2D eigenvalue weighted by Crippen LogP contribution is 2.25. The van der Waals surface area contributed by atoms with Gasteiger partial charge < -0.3 is 15.7 Å². The number of carbonyl (C=O) groups is 2. The summed E-state index contributed by atoms with van der Waals surface area (Å²) in [6.07, 6.45) is 0.648. The number of carbonyl (C=O) groups excluding carboxylic acids is 1. The number of halogens is 1. The maximum absolute atomic E-state index is 12.1. The number of rotatable bonds is 5. The van der Waals surface area contributed by atoms with E-state index in [1.165, 1.54) is 0 Å². The molecule has 0 saturated heterocycles. The minimum atomic E-state index is -1.23. The van der Waals surface area contributed by atoms with Crippen LogP contribution < -0.4 is 10.6 Å². The average Bonchev–Trinajstić information content (AvgIpc) is 2.40. The van der Waals surface area contributed by atoms with Gasteiger partial charge in [-0.1, -0.05) is 29.8 Å². The van der Waals surface area contributed by atoms with Gasteiger partial charge in [0.25, 0.3) is 0 Å². The predicted octanol–water partition coefficient (Wildman–Crippen LogP) is 3.83. The zero-order valence-electron chi connectivity index (χ0n) is 12.7. The third-order valence-electron chi connectivity index (χ3n) is 3.71. The van der Waals surface area contributed by atoms with E-state index in [1.807, 2.05) is 26.0 Å². The lowest BCUT2D eigenvalue weighted by Crippen LogP contribution is -2.55. The molecule has 0 aliphatic heterocycles. The molecule has 0 spiro atoms. The largest absolute Gasteiger partial charge is 0.480 e. The van der Waals surface area contributed by atoms with Gasteiger partial charge in [0.2, 0.25) is 0 Å². The number of benzene rings is 1. The maximum Gasteiger partial charge on any atom is 0.329 e. The minimum absolute atomic E-state index is 0.324. The van der Waals surface area contributed by atoms with Gasteiger partial charge >= 0.3 is 12.0 Å². The molecule has 6 heteroatoms. The van der Waals surface area contributed by atoms with Crippen LogP contribution in [-0.4, -0.2) is 22.6 Å². The van der Waals surface area contributed by atoms with Crippen molar-refractivity contribution in [2.75, 3.05) is 5.32 Å². The zero-order valence-corrected chi connectivity index (χ0v) is 14.3. The van der Waals surface area contributed by atoms with Crippen molar-refractivity contribution in [1.29, 1.82) is 0 Å². The first-order chi connectivity index (χ1) is 9.75. The molecule has 0 aromatic heterocycles. The smallest absolute Gasteiger partial charge is 0.329 e. The summed E-state index contributed by atoms with van der Waals surface area (Å²) in [5.74, 6) is -1.02. The molecule has 0 atom stereocenters. The Labute approximate surface area is 133 Å². The number of hydrogen-bond donors (Lipinski definition) is 3. The summed E-state index contributed by atoms with van der Waals surface area (Å²) in [6.45, 7) is 7.26. The number of anilines is 1. The Morgan fingerprint density at radius 1 is 1.19 bits per heavy atom. The third-order valence-corrected chi connectivity index (χ3v) is 4.16. The second-order valence-corrected chi connectivity index (χ2v) is 6.00. The molecule has 0 unspecified atom stereocenters. The number of nitrogens with one attached hydrogen (secondary N) is 2. The van der Waals surface area contributed by atoms with Crippen LogP contribution in [0.1, 0.15) is 37.8 Å². The highest BCUT2D eigenvalue weighted by Gasteiger charge is 2.36. The van der Waals surface area contributed by atoms with Crippen LogP contribution in [0.2, 0.25) is 0 Å². The molecular weight excluding hydrogens is 336 g/mol. The lowest BCUT2D eigenvalue weighted by molar-refractivity contribution is -0.144. The van der Waals surface area contributed by atoms with Crippen LogP contribution >= 0.6 is 15.9 Å². The molecule has 0 saturated carbocycles. The number of hydrogen-bond acceptors (Lipinski definition) is 2. The number of carboxylic acid groups (broad SMARTS) is 1. The summed E-state index contributed by atoms with van der Waals surface area (Å²) < 4.78 is 0.936. The van der Waals surface area contributed by atoms with Crippen molar-refractivity contribution in [2.24, 2.45) is 0 Å². The lowest BCUT2D eigenvalue weighted by atomic mass is 9.93. The summed E-state index contributed by atoms with van der Waals surface area (Å²) in [5, 5.41) is 14.7. The first-order valence-electron chi connectivity index (χ1n) is 6.85. The van der Waals surface area contributed by atoms with Crippen molar-refractivity contribution in [3.8, 4) is 0 Å². The van der Waals surface area contributed by atoms with Gasteiger partial charge in [-0.3, -0.25) is 0 Å². The molecule has 2 amide bonds. The van der Waals surface area contributed by atoms with Crippen molar-refractivity contribution in [2.45, 2.75) is 46.1 Å². The Morgan fingerprint density at radius 3 is 2.05 bits per heavy atom. The maximum atomic E-state index is 12.1. The molecule has 1 aromatic carbocycles. The van der Waals surface area contributed by atoms with Crippen LogP contribution in [0.4, 0.5) is 10.5 Å². The molecule has 21 heavy (non-hydrogen) atoms. The number of urea groups is 1. The Kier molecular flexibility index (Phi) is 5.78. The summed E-state index contributed by atoms with van der Waals surface area (Å²) in [4.78, 5) is 23.5. The Bertz CT molecular complexity index is 531. The van der Waals surface area contributed by atoms with E-state index >= 15 is 0 Å². The second kappa shape index (κ2) is 6.93. The van der Waals surface area contributed by atoms with E-state index in [1.54, 1.807) is 13.8 Å². The highest BCUT2D eigenvalue weighted by atomic mass is 79.9. The summed E-state index contributed by atoms with van der Waals surface area (Å²) in [5.41, 5.74) is 1.28. The molecular formula is C15H21BrN2O3. The fraction of sp³-hybridized carbons (Fsp3) is 0.467. The van der Waals surface area contributed by atoms with Gasteiger partial charge in [0.05, 0.1) is 0 Å². The molecule has 0 aliphatic carbocycles. The van der Waals surface area contributed by atoms with Crippen molar-refractivity contribution < 1.29 is 14.7 Å². The lowest BCUT2D eigenvalue weighted by Gasteiger charge is -2.28. The monoisotopic (exact) mass is 356 g/mol. The summed E-state index contributed by atoms with van der Waals surface area (Å²) in [6, 6.07) is 3.29. The summed E-state index contributed by atoms with van der Waals surface area (Å²) in [7, 11) is 0. The van der Waals surface area contributed by atoms with E-state index in [4.69, 9.17) is 0 Å². The number of carboxylic acids is 1. The molecule has 116 valence electrons. The SMILES string of the molecule is CCC(CC)(NC(=O)Nc1c(C)cc(Br)cc1C)C(=O)O. The van der Waals surface area contributed by atoms with Gasteiger partial charge in [-0.15, -0.1) is 0 Å². The number of aryl methyl sites for hydroxylation is 2. The fourth-order valence-electron chi connectivity index (χ4n) is 2.25. The fourth-order valence-corrected chi connectivity index (χ4v) is 2.94. The van der Waals surface area contributed by atoms with Gasteiger partial charge in [-0.05, 0) is 49.9 Å². The summed E-state index contributed by atoms with van der Waals surface area (Å²) >= 11 is 3.40. The Hall–Kier alpha value is -1.56. The molecule has 1 rings (SSSR count). The number of amides is 2. The van der Waals surface area contributed by atoms with Crippen LogP contribution in [0.15, 0.2) is 16.6 Å². The standard InChI is InChI=1S/C15H21BrN2O3/c1-5-15(6-2,13(19)20)18-14(21)17-12-9(3)7-11(16)8-10(12)4/h7-8H,5-6H2,1-4H3,(H,19,20)(H2,17,18,21). The van der Waals surface area contributed by atoms with E-state index in [0.29, 0.717) is 18.5 Å². The normalized spacial score (nSPS) is 11.1. The Morgan fingerprint density at radius 2 is 1.67 bits per heavy atom. The molecule has 0 bridgehead atoms. The van der Waals surface area contributed by atoms with Crippen molar-refractivity contribution in [1.82, 2.24) is 5.32 Å². The van der Waals surface area contributed by atoms with Crippen LogP contribution in [-0.2, 0) is 4.79 Å². The van der Waals surface area contributed by atoms with E-state index < -0.39 is 17.5 Å². The average molecular weight is 357 g/mol. The van der Waals surface area contributed by atoms with Crippen LogP contribution in [0.5, 0.6) is 0 Å². The van der Waals surface area contributed by atoms with Crippen molar-refractivity contribution >= 4 is 33.6 Å². The van der Waals surface area contributed by atoms with Crippen LogP contribution in [0, 0.1) is 13.8 Å². The molecule has 1 aromatic rings. The minimum Gasteiger partial charge on any atom is -0.480 e. The Balaban J connectivity index is 2.95. The molecule has 0 heterocycles. The van der Waals surface area contributed by atoms with Gasteiger partial charge in [0.15, 0.2) is 0 Å². The van der Waals surface area contributed by atoms with Gasteiger partial charge in [0, 0.05) is 10.2 Å². The first kappa shape index (κ1) is 17.5. The van der Waals surface area contributed by atoms with E-state index in [9.17, 15) is 14.7 Å². The van der Waals surface area contributed by atoms with Gasteiger partial charge in [-0.25, -0.2) is 9.59 Å². The third kappa shape index (κ3) is 3.97. The van der Waals surface area contributed by atoms with Gasteiger partial charge in [-0.2, -0.15) is 0 Å². The topological polar surface area (TPSA) is 78.4 Å². The molecule has 0 aliphatic rings. The van der Waals surface area contributed by atoms with Crippen LogP contribution in [0.3, 0.4) is 0 Å². The van der Waals surface area contributed by atoms with E-state index in [2.05, 4.69) is 26.6 Å². The van der Waals surface area contributed by atoms with Crippen molar-refractivity contribution in [3.05, 3.63) is 27.7 Å². The van der Waals surface area contributed by atoms with E-state index in [0.717, 1.165) is 15.6 Å². The van der Waals surface area contributed by atoms with E-state index in [-0.39, 0.29) is 0 Å². The first-order valence-corrected chi connectivity index (χ1v) is 7.64. The molecule has 5 nitrogen and oxygen atoms in total. The number of aliphatic carboxylic acids is 1. The second-order valence-electron chi connectivity index (χ2n) is 5.09. The predicted molar refractivity (Wildman–Crippen MR) is 86.7 cm³/mol. The molecule has 0 fully saturated rings. The van der Waals surface area contributed by atoms with Crippen LogP contribution in [0.25, 0.3) is 0 Å². The van der Waals surface area contributed by atoms with Crippen molar-refractivity contribution in [3.63, 3.8) is 0 Å². The van der Waals surface area contributed by atoms with Gasteiger partial charge in [0.1, 0.15) is 5.54 Å². The zero-order chi connectivity index (χ0) is 16.2. The quantitative estimate of drug-likeness (QED) is 0.749. The molecule has 0 radical (unpaired) electrons. The molecule has 3 N–H and O–H groups in total. The highest BCUT2D eigenvalue weighted by molar-refractivity contribution is 9.10.